The van der Waals surface area contributed by atoms with E-state index in [2.05, 4.69) is 35.9 Å². The van der Waals surface area contributed by atoms with Crippen LogP contribution in [0.3, 0.4) is 0 Å². The second-order valence-electron chi connectivity index (χ2n) is 6.27. The summed E-state index contributed by atoms with van der Waals surface area (Å²) in [5.41, 5.74) is 2.39. The monoisotopic (exact) mass is 322 g/mol. The van der Waals surface area contributed by atoms with Gasteiger partial charge in [-0.3, -0.25) is 4.90 Å². The van der Waals surface area contributed by atoms with E-state index in [-0.39, 0.29) is 0 Å². The number of methoxy groups -OCH3 is 2. The van der Waals surface area contributed by atoms with Gasteiger partial charge in [0, 0.05) is 44.9 Å². The third-order valence-electron chi connectivity index (χ3n) is 4.34. The molecule has 0 bridgehead atoms. The van der Waals surface area contributed by atoms with E-state index in [0.717, 1.165) is 50.7 Å². The van der Waals surface area contributed by atoms with Crippen LogP contribution in [0, 0.1) is 0 Å². The average molecular weight is 322 g/mol. The molecule has 0 N–H and O–H groups in total. The molecule has 1 heterocycles. The highest BCUT2D eigenvalue weighted by Gasteiger charge is 2.18. The molecule has 0 aromatic heterocycles. The van der Waals surface area contributed by atoms with Crippen LogP contribution in [0.4, 0.5) is 0 Å². The average Bonchev–Trinajstić information content (AvgIpc) is 2.56. The van der Waals surface area contributed by atoms with Crippen LogP contribution in [0.5, 0.6) is 5.75 Å². The summed E-state index contributed by atoms with van der Waals surface area (Å²) in [7, 11) is 5.59. The summed E-state index contributed by atoms with van der Waals surface area (Å²) < 4.78 is 16.1. The summed E-state index contributed by atoms with van der Waals surface area (Å²) in [6.07, 6.45) is 0. The number of rotatable bonds is 8. The standard InChI is InChI=1S/C18H30N2O3/c1-15(20-7-9-23-10-8-20)12-19(2)13-16-5-6-18(22-4)17(11-16)14-21-3/h5-6,11,15H,7-10,12-14H2,1-4H3/t15-/m0/s1. The van der Waals surface area contributed by atoms with Crippen LogP contribution in [-0.4, -0.2) is 70.0 Å². The van der Waals surface area contributed by atoms with Gasteiger partial charge in [-0.2, -0.15) is 0 Å². The van der Waals surface area contributed by atoms with Gasteiger partial charge in [0.15, 0.2) is 0 Å². The number of nitrogens with zero attached hydrogens (tertiary/aromatic N) is 2. The first-order valence-corrected chi connectivity index (χ1v) is 8.29. The van der Waals surface area contributed by atoms with Crippen molar-refractivity contribution in [2.75, 3.05) is 54.1 Å². The number of benzene rings is 1. The van der Waals surface area contributed by atoms with Gasteiger partial charge in [-0.25, -0.2) is 0 Å². The zero-order chi connectivity index (χ0) is 16.7. The molecule has 0 aliphatic carbocycles. The maximum absolute atomic E-state index is 5.43. The summed E-state index contributed by atoms with van der Waals surface area (Å²) >= 11 is 0. The third kappa shape index (κ3) is 5.46. The summed E-state index contributed by atoms with van der Waals surface area (Å²) in [5.74, 6) is 0.889. The number of hydrogen-bond donors (Lipinski definition) is 0. The van der Waals surface area contributed by atoms with Crippen LogP contribution < -0.4 is 4.74 Å². The van der Waals surface area contributed by atoms with Gasteiger partial charge in [-0.15, -0.1) is 0 Å². The van der Waals surface area contributed by atoms with E-state index in [4.69, 9.17) is 14.2 Å². The molecule has 0 saturated carbocycles. The van der Waals surface area contributed by atoms with Crippen molar-refractivity contribution < 1.29 is 14.2 Å². The Morgan fingerprint density at radius 3 is 2.65 bits per heavy atom. The molecule has 1 saturated heterocycles. The van der Waals surface area contributed by atoms with Crippen molar-refractivity contribution in [3.05, 3.63) is 29.3 Å². The highest BCUT2D eigenvalue weighted by Crippen LogP contribution is 2.21. The van der Waals surface area contributed by atoms with Crippen LogP contribution in [0.15, 0.2) is 18.2 Å². The van der Waals surface area contributed by atoms with Crippen molar-refractivity contribution in [3.8, 4) is 5.75 Å². The van der Waals surface area contributed by atoms with Gasteiger partial charge in [-0.05, 0) is 31.7 Å². The summed E-state index contributed by atoms with van der Waals surface area (Å²) in [4.78, 5) is 4.88. The maximum Gasteiger partial charge on any atom is 0.124 e. The Bertz CT molecular complexity index is 475. The van der Waals surface area contributed by atoms with E-state index >= 15 is 0 Å². The van der Waals surface area contributed by atoms with E-state index in [9.17, 15) is 0 Å². The molecule has 5 heteroatoms. The van der Waals surface area contributed by atoms with Crippen LogP contribution in [0.25, 0.3) is 0 Å². The minimum atomic E-state index is 0.542. The molecular formula is C18H30N2O3. The van der Waals surface area contributed by atoms with E-state index in [1.165, 1.54) is 5.56 Å². The fourth-order valence-corrected chi connectivity index (χ4v) is 3.16. The van der Waals surface area contributed by atoms with Gasteiger partial charge in [-0.1, -0.05) is 6.07 Å². The quantitative estimate of drug-likeness (QED) is 0.731. The Hall–Kier alpha value is -1.14. The van der Waals surface area contributed by atoms with Gasteiger partial charge >= 0.3 is 0 Å². The molecular weight excluding hydrogens is 292 g/mol. The zero-order valence-corrected chi connectivity index (χ0v) is 14.9. The highest BCUT2D eigenvalue weighted by atomic mass is 16.5. The summed E-state index contributed by atoms with van der Waals surface area (Å²) in [6.45, 7) is 8.63. The third-order valence-corrected chi connectivity index (χ3v) is 4.34. The smallest absolute Gasteiger partial charge is 0.124 e. The first kappa shape index (κ1) is 18.2. The fourth-order valence-electron chi connectivity index (χ4n) is 3.16. The fraction of sp³-hybridized carbons (Fsp3) is 0.667. The Kier molecular flexibility index (Phi) is 7.30. The van der Waals surface area contributed by atoms with Crippen molar-refractivity contribution in [2.45, 2.75) is 26.1 Å². The Morgan fingerprint density at radius 1 is 1.26 bits per heavy atom. The number of ether oxygens (including phenoxy) is 3. The second-order valence-corrected chi connectivity index (χ2v) is 6.27. The molecule has 130 valence electrons. The van der Waals surface area contributed by atoms with Crippen LogP contribution in [0.2, 0.25) is 0 Å². The lowest BCUT2D eigenvalue weighted by Crippen LogP contribution is -2.46. The van der Waals surface area contributed by atoms with Crippen LogP contribution in [0.1, 0.15) is 18.1 Å². The Labute approximate surface area is 140 Å². The molecule has 0 amide bonds. The molecule has 1 atom stereocenters. The predicted molar refractivity (Wildman–Crippen MR) is 91.9 cm³/mol. The van der Waals surface area contributed by atoms with E-state index in [1.807, 2.05) is 6.07 Å². The van der Waals surface area contributed by atoms with E-state index in [1.54, 1.807) is 14.2 Å². The molecule has 0 spiro atoms. The van der Waals surface area contributed by atoms with Crippen molar-refractivity contribution in [1.29, 1.82) is 0 Å². The second kappa shape index (κ2) is 9.23. The SMILES string of the molecule is COCc1cc(CN(C)C[C@H](C)N2CCOCC2)ccc1OC. The topological polar surface area (TPSA) is 34.2 Å². The molecule has 1 fully saturated rings. The maximum atomic E-state index is 5.43. The van der Waals surface area contributed by atoms with Gasteiger partial charge in [0.05, 0.1) is 26.9 Å². The molecule has 1 aliphatic rings. The van der Waals surface area contributed by atoms with Gasteiger partial charge in [0.1, 0.15) is 5.75 Å². The van der Waals surface area contributed by atoms with E-state index in [0.29, 0.717) is 12.6 Å². The largest absolute Gasteiger partial charge is 0.496 e. The molecule has 1 aromatic rings. The lowest BCUT2D eigenvalue weighted by atomic mass is 10.1. The normalized spacial score (nSPS) is 17.4. The minimum Gasteiger partial charge on any atom is -0.496 e. The van der Waals surface area contributed by atoms with Crippen LogP contribution in [-0.2, 0) is 22.6 Å². The number of hydrogen-bond acceptors (Lipinski definition) is 5. The van der Waals surface area contributed by atoms with Crippen molar-refractivity contribution >= 4 is 0 Å². The molecule has 2 rings (SSSR count). The van der Waals surface area contributed by atoms with Gasteiger partial charge < -0.3 is 19.1 Å². The van der Waals surface area contributed by atoms with Gasteiger partial charge in [0.25, 0.3) is 0 Å². The Morgan fingerprint density at radius 2 is 2.00 bits per heavy atom. The first-order valence-electron chi connectivity index (χ1n) is 8.29. The van der Waals surface area contributed by atoms with Gasteiger partial charge in [0.2, 0.25) is 0 Å². The number of morpholine rings is 1. The van der Waals surface area contributed by atoms with Crippen molar-refractivity contribution in [3.63, 3.8) is 0 Å². The van der Waals surface area contributed by atoms with Crippen molar-refractivity contribution in [2.24, 2.45) is 0 Å². The predicted octanol–water partition coefficient (Wildman–Crippen LogP) is 1.99. The lowest BCUT2D eigenvalue weighted by molar-refractivity contribution is 0.0137. The number of likely N-dealkylation sites (N-methyl/N-ethyl adjacent to an activating group) is 1. The molecule has 0 unspecified atom stereocenters. The molecule has 5 nitrogen and oxygen atoms in total. The van der Waals surface area contributed by atoms with Crippen LogP contribution >= 0.6 is 0 Å². The molecule has 23 heavy (non-hydrogen) atoms. The highest BCUT2D eigenvalue weighted by molar-refractivity contribution is 5.36. The van der Waals surface area contributed by atoms with Crippen molar-refractivity contribution in [1.82, 2.24) is 9.80 Å². The first-order chi connectivity index (χ1) is 11.1. The summed E-state index contributed by atoms with van der Waals surface area (Å²) in [5, 5.41) is 0. The summed E-state index contributed by atoms with van der Waals surface area (Å²) in [6, 6.07) is 6.88. The van der Waals surface area contributed by atoms with E-state index < -0.39 is 0 Å². The molecule has 0 radical (unpaired) electrons. The Balaban J connectivity index is 1.91. The minimum absolute atomic E-state index is 0.542. The molecule has 1 aliphatic heterocycles. The molecule has 1 aromatic carbocycles. The zero-order valence-electron chi connectivity index (χ0n) is 14.9. The lowest BCUT2D eigenvalue weighted by Gasteiger charge is -2.34.